The number of aromatic nitrogens is 2. The van der Waals surface area contributed by atoms with E-state index in [9.17, 15) is 9.59 Å². The third-order valence-corrected chi connectivity index (χ3v) is 4.41. The van der Waals surface area contributed by atoms with Gasteiger partial charge in [-0.15, -0.1) is 0 Å². The van der Waals surface area contributed by atoms with Crippen molar-refractivity contribution in [2.45, 2.75) is 20.4 Å². The number of anilines is 1. The van der Waals surface area contributed by atoms with Gasteiger partial charge in [0.15, 0.2) is 11.2 Å². The number of carbonyl (C=O) groups is 1. The molecule has 4 rings (SSSR count). The number of nitrogens with one attached hydrogen (secondary N) is 1. The summed E-state index contributed by atoms with van der Waals surface area (Å²) in [6.07, 6.45) is 3.14. The number of aryl methyl sites for hydroxylation is 2. The molecule has 1 aromatic carbocycles. The molecule has 0 radical (unpaired) electrons. The standard InChI is InChI=1S/C20H17N3O4/c1-12-8-15-16(24)10-18(27-17(15)9-13(12)2)20(25)22-19-5-6-21-23(19)11-14-4-3-7-26-14/h3-10H,11H2,1-2H3,(H,22,25). The van der Waals surface area contributed by atoms with Crippen molar-refractivity contribution in [2.75, 3.05) is 5.32 Å². The Hall–Kier alpha value is -3.61. The van der Waals surface area contributed by atoms with E-state index < -0.39 is 5.91 Å². The van der Waals surface area contributed by atoms with E-state index in [2.05, 4.69) is 10.4 Å². The molecule has 0 spiro atoms. The second-order valence-corrected chi connectivity index (χ2v) is 6.32. The topological polar surface area (TPSA) is 90.3 Å². The Morgan fingerprint density at radius 3 is 2.78 bits per heavy atom. The van der Waals surface area contributed by atoms with Crippen LogP contribution in [0, 0.1) is 13.8 Å². The van der Waals surface area contributed by atoms with Gasteiger partial charge in [0.2, 0.25) is 0 Å². The quantitative estimate of drug-likeness (QED) is 0.599. The minimum atomic E-state index is -0.520. The van der Waals surface area contributed by atoms with Crippen LogP contribution in [0.2, 0.25) is 0 Å². The van der Waals surface area contributed by atoms with E-state index in [1.54, 1.807) is 41.4 Å². The van der Waals surface area contributed by atoms with Crippen LogP contribution in [-0.2, 0) is 6.54 Å². The monoisotopic (exact) mass is 363 g/mol. The first kappa shape index (κ1) is 16.8. The van der Waals surface area contributed by atoms with Crippen LogP contribution in [0.4, 0.5) is 5.82 Å². The minimum absolute atomic E-state index is 0.0542. The summed E-state index contributed by atoms with van der Waals surface area (Å²) in [5, 5.41) is 7.36. The van der Waals surface area contributed by atoms with E-state index in [1.165, 1.54) is 6.07 Å². The lowest BCUT2D eigenvalue weighted by atomic mass is 10.1. The third kappa shape index (κ3) is 3.27. The molecule has 0 fully saturated rings. The number of furan rings is 1. The van der Waals surface area contributed by atoms with Crippen LogP contribution in [0.5, 0.6) is 0 Å². The molecule has 0 aliphatic heterocycles. The molecule has 0 aliphatic rings. The fourth-order valence-electron chi connectivity index (χ4n) is 2.82. The predicted molar refractivity (Wildman–Crippen MR) is 99.9 cm³/mol. The van der Waals surface area contributed by atoms with Crippen LogP contribution in [0.1, 0.15) is 27.4 Å². The molecule has 4 aromatic rings. The molecule has 1 amide bonds. The SMILES string of the molecule is Cc1cc2oc(C(=O)Nc3ccnn3Cc3ccco3)cc(=O)c2cc1C. The lowest BCUT2D eigenvalue weighted by Crippen LogP contribution is -2.18. The fourth-order valence-corrected chi connectivity index (χ4v) is 2.82. The van der Waals surface area contributed by atoms with Crippen molar-refractivity contribution in [3.63, 3.8) is 0 Å². The lowest BCUT2D eigenvalue weighted by Gasteiger charge is -2.08. The molecule has 136 valence electrons. The van der Waals surface area contributed by atoms with Crippen molar-refractivity contribution in [2.24, 2.45) is 0 Å². The summed E-state index contributed by atoms with van der Waals surface area (Å²) < 4.78 is 12.6. The summed E-state index contributed by atoms with van der Waals surface area (Å²) in [7, 11) is 0. The van der Waals surface area contributed by atoms with Crippen molar-refractivity contribution in [3.05, 3.63) is 81.7 Å². The summed E-state index contributed by atoms with van der Waals surface area (Å²) in [6.45, 7) is 4.22. The molecule has 3 heterocycles. The number of fused-ring (bicyclic) bond motifs is 1. The van der Waals surface area contributed by atoms with Crippen molar-refractivity contribution in [3.8, 4) is 0 Å². The van der Waals surface area contributed by atoms with Crippen LogP contribution in [-0.4, -0.2) is 15.7 Å². The molecule has 1 N–H and O–H groups in total. The average molecular weight is 363 g/mol. The number of rotatable bonds is 4. The summed E-state index contributed by atoms with van der Waals surface area (Å²) in [5.74, 6) is 0.603. The molecule has 27 heavy (non-hydrogen) atoms. The maximum atomic E-state index is 12.6. The van der Waals surface area contributed by atoms with Gasteiger partial charge >= 0.3 is 0 Å². The molecular weight excluding hydrogens is 346 g/mol. The van der Waals surface area contributed by atoms with Crippen molar-refractivity contribution in [1.82, 2.24) is 9.78 Å². The van der Waals surface area contributed by atoms with Crippen LogP contribution < -0.4 is 10.7 Å². The normalized spacial score (nSPS) is 11.0. The highest BCUT2D eigenvalue weighted by molar-refractivity contribution is 6.02. The van der Waals surface area contributed by atoms with Gasteiger partial charge in [-0.05, 0) is 49.2 Å². The van der Waals surface area contributed by atoms with E-state index in [1.807, 2.05) is 19.9 Å². The number of hydrogen-bond donors (Lipinski definition) is 1. The van der Waals surface area contributed by atoms with Crippen LogP contribution >= 0.6 is 0 Å². The average Bonchev–Trinajstić information content (AvgIpc) is 3.29. The Kier molecular flexibility index (Phi) is 4.12. The minimum Gasteiger partial charge on any atom is -0.467 e. The van der Waals surface area contributed by atoms with Gasteiger partial charge in [0.1, 0.15) is 23.7 Å². The predicted octanol–water partition coefficient (Wildman–Crippen LogP) is 3.50. The number of hydrogen-bond acceptors (Lipinski definition) is 5. The second-order valence-electron chi connectivity index (χ2n) is 6.32. The molecule has 0 aliphatic carbocycles. The number of carbonyl (C=O) groups excluding carboxylic acids is 1. The van der Waals surface area contributed by atoms with Gasteiger partial charge < -0.3 is 14.2 Å². The van der Waals surface area contributed by atoms with Gasteiger partial charge in [0.05, 0.1) is 17.8 Å². The molecule has 0 atom stereocenters. The van der Waals surface area contributed by atoms with E-state index in [4.69, 9.17) is 8.83 Å². The molecule has 7 heteroatoms. The van der Waals surface area contributed by atoms with Crippen LogP contribution in [0.25, 0.3) is 11.0 Å². The Morgan fingerprint density at radius 1 is 1.19 bits per heavy atom. The third-order valence-electron chi connectivity index (χ3n) is 4.41. The maximum Gasteiger partial charge on any atom is 0.292 e. The molecule has 3 aromatic heterocycles. The largest absolute Gasteiger partial charge is 0.467 e. The zero-order valence-electron chi connectivity index (χ0n) is 14.9. The Morgan fingerprint density at radius 2 is 2.00 bits per heavy atom. The van der Waals surface area contributed by atoms with Gasteiger partial charge in [-0.3, -0.25) is 9.59 Å². The molecular formula is C20H17N3O4. The molecule has 0 saturated heterocycles. The highest BCUT2D eigenvalue weighted by atomic mass is 16.3. The van der Waals surface area contributed by atoms with E-state index in [0.29, 0.717) is 29.1 Å². The number of nitrogens with zero attached hydrogens (tertiary/aromatic N) is 2. The van der Waals surface area contributed by atoms with Gasteiger partial charge in [-0.25, -0.2) is 4.68 Å². The smallest absolute Gasteiger partial charge is 0.292 e. The Bertz CT molecular complexity index is 1190. The van der Waals surface area contributed by atoms with E-state index in [0.717, 1.165) is 11.1 Å². The lowest BCUT2D eigenvalue weighted by molar-refractivity contribution is 0.0996. The summed E-state index contributed by atoms with van der Waals surface area (Å²) in [5.41, 5.74) is 2.11. The van der Waals surface area contributed by atoms with Gasteiger partial charge in [0, 0.05) is 12.1 Å². The molecule has 7 nitrogen and oxygen atoms in total. The van der Waals surface area contributed by atoms with Gasteiger partial charge in [-0.2, -0.15) is 5.10 Å². The van der Waals surface area contributed by atoms with Crippen molar-refractivity contribution < 1.29 is 13.6 Å². The Labute approximate surface area is 154 Å². The second kappa shape index (κ2) is 6.60. The summed E-state index contributed by atoms with van der Waals surface area (Å²) >= 11 is 0. The first-order chi connectivity index (χ1) is 13.0. The van der Waals surface area contributed by atoms with Crippen LogP contribution in [0.15, 0.2) is 62.5 Å². The number of benzene rings is 1. The highest BCUT2D eigenvalue weighted by Crippen LogP contribution is 2.19. The maximum absolute atomic E-state index is 12.6. The molecule has 0 bridgehead atoms. The molecule has 0 saturated carbocycles. The summed E-state index contributed by atoms with van der Waals surface area (Å²) in [4.78, 5) is 25.0. The zero-order chi connectivity index (χ0) is 19.0. The zero-order valence-corrected chi connectivity index (χ0v) is 14.9. The Balaban J connectivity index is 1.63. The first-order valence-corrected chi connectivity index (χ1v) is 8.42. The van der Waals surface area contributed by atoms with Crippen LogP contribution in [0.3, 0.4) is 0 Å². The number of amides is 1. The first-order valence-electron chi connectivity index (χ1n) is 8.42. The fraction of sp³-hybridized carbons (Fsp3) is 0.150. The van der Waals surface area contributed by atoms with Gasteiger partial charge in [-0.1, -0.05) is 0 Å². The van der Waals surface area contributed by atoms with Crippen molar-refractivity contribution >= 4 is 22.7 Å². The van der Waals surface area contributed by atoms with E-state index >= 15 is 0 Å². The highest BCUT2D eigenvalue weighted by Gasteiger charge is 2.15. The van der Waals surface area contributed by atoms with Crippen molar-refractivity contribution in [1.29, 1.82) is 0 Å². The van der Waals surface area contributed by atoms with E-state index in [-0.39, 0.29) is 11.2 Å². The summed E-state index contributed by atoms with van der Waals surface area (Å²) in [6, 6.07) is 10.0. The molecule has 0 unspecified atom stereocenters. The van der Waals surface area contributed by atoms with Gasteiger partial charge in [0.25, 0.3) is 5.91 Å².